The second kappa shape index (κ2) is 4.48. The number of aromatic nitrogens is 2. The van der Waals surface area contributed by atoms with E-state index in [-0.39, 0.29) is 0 Å². The standard InChI is InChI=1S/C16H16N4O/c1-10-4-6-13-11(9-10)3-2-8-20(13)14-7-5-12(17)15-16(14)19-21-18-15/h4-7,9H,2-3,8,17H2,1H3. The van der Waals surface area contributed by atoms with E-state index in [1.165, 1.54) is 16.8 Å². The third-order valence-corrected chi connectivity index (χ3v) is 4.07. The van der Waals surface area contributed by atoms with Gasteiger partial charge in [-0.1, -0.05) is 17.7 Å². The SMILES string of the molecule is Cc1ccc2c(c1)CCCN2c1ccc(N)c2nonc12. The first-order valence-electron chi connectivity index (χ1n) is 7.12. The largest absolute Gasteiger partial charge is 0.397 e. The molecular weight excluding hydrogens is 264 g/mol. The van der Waals surface area contributed by atoms with Gasteiger partial charge in [-0.05, 0) is 53.8 Å². The summed E-state index contributed by atoms with van der Waals surface area (Å²) < 4.78 is 4.88. The number of nitrogen functional groups attached to an aromatic ring is 1. The molecule has 106 valence electrons. The van der Waals surface area contributed by atoms with Crippen LogP contribution in [0.3, 0.4) is 0 Å². The zero-order valence-electron chi connectivity index (χ0n) is 11.8. The molecular formula is C16H16N4O. The van der Waals surface area contributed by atoms with E-state index in [0.717, 1.165) is 30.6 Å². The highest BCUT2D eigenvalue weighted by atomic mass is 16.6. The highest BCUT2D eigenvalue weighted by molar-refractivity contribution is 5.97. The topological polar surface area (TPSA) is 68.2 Å². The van der Waals surface area contributed by atoms with Crippen molar-refractivity contribution < 1.29 is 4.63 Å². The number of rotatable bonds is 1. The molecule has 4 rings (SSSR count). The predicted octanol–water partition coefficient (Wildman–Crippen LogP) is 3.20. The molecule has 0 aliphatic carbocycles. The minimum atomic E-state index is 0.594. The van der Waals surface area contributed by atoms with Crippen LogP contribution in [0.2, 0.25) is 0 Å². The van der Waals surface area contributed by atoms with Crippen LogP contribution in [0.15, 0.2) is 35.0 Å². The second-order valence-electron chi connectivity index (χ2n) is 5.52. The molecule has 0 saturated carbocycles. The number of aryl methyl sites for hydroxylation is 2. The van der Waals surface area contributed by atoms with Gasteiger partial charge in [0.2, 0.25) is 0 Å². The van der Waals surface area contributed by atoms with E-state index < -0.39 is 0 Å². The van der Waals surface area contributed by atoms with Gasteiger partial charge in [-0.25, -0.2) is 4.63 Å². The number of fused-ring (bicyclic) bond motifs is 2. The number of hydrogen-bond donors (Lipinski definition) is 1. The quantitative estimate of drug-likeness (QED) is 0.693. The Balaban J connectivity index is 1.91. The average molecular weight is 280 g/mol. The van der Waals surface area contributed by atoms with E-state index in [1.807, 2.05) is 12.1 Å². The van der Waals surface area contributed by atoms with E-state index >= 15 is 0 Å². The normalized spacial score (nSPS) is 14.4. The number of benzene rings is 2. The summed E-state index contributed by atoms with van der Waals surface area (Å²) in [5.74, 6) is 0. The summed E-state index contributed by atoms with van der Waals surface area (Å²) in [5, 5.41) is 7.94. The molecule has 5 heteroatoms. The molecule has 0 atom stereocenters. The van der Waals surface area contributed by atoms with Crippen LogP contribution in [0, 0.1) is 6.92 Å². The van der Waals surface area contributed by atoms with Gasteiger partial charge >= 0.3 is 0 Å². The first-order chi connectivity index (χ1) is 10.2. The smallest absolute Gasteiger partial charge is 0.160 e. The summed E-state index contributed by atoms with van der Waals surface area (Å²) in [4.78, 5) is 2.28. The Morgan fingerprint density at radius 1 is 1.10 bits per heavy atom. The minimum absolute atomic E-state index is 0.594. The Hall–Kier alpha value is -2.56. The molecule has 0 radical (unpaired) electrons. The maximum Gasteiger partial charge on any atom is 0.160 e. The van der Waals surface area contributed by atoms with Crippen molar-refractivity contribution in [1.29, 1.82) is 0 Å². The monoisotopic (exact) mass is 280 g/mol. The third kappa shape index (κ3) is 1.85. The molecule has 0 fully saturated rings. The molecule has 2 N–H and O–H groups in total. The number of nitrogens with two attached hydrogens (primary N) is 1. The maximum atomic E-state index is 5.93. The molecule has 2 aromatic carbocycles. The highest BCUT2D eigenvalue weighted by Crippen LogP contribution is 2.37. The summed E-state index contributed by atoms with van der Waals surface area (Å²) in [6, 6.07) is 10.4. The van der Waals surface area contributed by atoms with Crippen molar-refractivity contribution in [2.24, 2.45) is 0 Å². The van der Waals surface area contributed by atoms with Crippen molar-refractivity contribution in [3.05, 3.63) is 41.5 Å². The van der Waals surface area contributed by atoms with Gasteiger partial charge in [0.15, 0.2) is 11.0 Å². The lowest BCUT2D eigenvalue weighted by Gasteiger charge is -2.31. The average Bonchev–Trinajstić information content (AvgIpc) is 2.97. The van der Waals surface area contributed by atoms with E-state index in [1.54, 1.807) is 0 Å². The van der Waals surface area contributed by atoms with Crippen molar-refractivity contribution in [3.8, 4) is 0 Å². The summed E-state index contributed by atoms with van der Waals surface area (Å²) >= 11 is 0. The summed E-state index contributed by atoms with van der Waals surface area (Å²) in [6.07, 6.45) is 2.23. The van der Waals surface area contributed by atoms with E-state index in [4.69, 9.17) is 10.4 Å². The van der Waals surface area contributed by atoms with E-state index in [9.17, 15) is 0 Å². The van der Waals surface area contributed by atoms with Crippen molar-refractivity contribution >= 4 is 28.1 Å². The molecule has 1 aliphatic rings. The molecule has 0 spiro atoms. The lowest BCUT2D eigenvalue weighted by atomic mass is 9.99. The predicted molar refractivity (Wildman–Crippen MR) is 82.7 cm³/mol. The van der Waals surface area contributed by atoms with Crippen LogP contribution in [0.25, 0.3) is 11.0 Å². The summed E-state index contributed by atoms with van der Waals surface area (Å²) in [6.45, 7) is 3.09. The Bertz CT molecular complexity index is 824. The van der Waals surface area contributed by atoms with Gasteiger partial charge in [0, 0.05) is 12.2 Å². The van der Waals surface area contributed by atoms with Crippen LogP contribution in [-0.2, 0) is 6.42 Å². The fraction of sp³-hybridized carbons (Fsp3) is 0.250. The maximum absolute atomic E-state index is 5.93. The van der Waals surface area contributed by atoms with Crippen molar-refractivity contribution in [2.45, 2.75) is 19.8 Å². The van der Waals surface area contributed by atoms with Crippen LogP contribution < -0.4 is 10.6 Å². The summed E-state index contributed by atoms with van der Waals surface area (Å²) in [7, 11) is 0. The van der Waals surface area contributed by atoms with Crippen LogP contribution in [-0.4, -0.2) is 16.9 Å². The number of hydrogen-bond acceptors (Lipinski definition) is 5. The van der Waals surface area contributed by atoms with Crippen molar-refractivity contribution in [2.75, 3.05) is 17.2 Å². The Kier molecular flexibility index (Phi) is 2.60. The lowest BCUT2D eigenvalue weighted by Crippen LogP contribution is -2.24. The lowest BCUT2D eigenvalue weighted by molar-refractivity contribution is 0.315. The van der Waals surface area contributed by atoms with Gasteiger partial charge in [0.25, 0.3) is 0 Å². The molecule has 5 nitrogen and oxygen atoms in total. The van der Waals surface area contributed by atoms with Crippen LogP contribution >= 0.6 is 0 Å². The second-order valence-corrected chi connectivity index (χ2v) is 5.52. The van der Waals surface area contributed by atoms with Crippen molar-refractivity contribution in [3.63, 3.8) is 0 Å². The molecule has 0 unspecified atom stereocenters. The van der Waals surface area contributed by atoms with Gasteiger partial charge in [-0.15, -0.1) is 0 Å². The zero-order chi connectivity index (χ0) is 14.4. The van der Waals surface area contributed by atoms with Crippen molar-refractivity contribution in [1.82, 2.24) is 10.3 Å². The minimum Gasteiger partial charge on any atom is -0.397 e. The van der Waals surface area contributed by atoms with Crippen LogP contribution in [0.5, 0.6) is 0 Å². The number of anilines is 3. The zero-order valence-corrected chi connectivity index (χ0v) is 11.8. The fourth-order valence-corrected chi connectivity index (χ4v) is 3.07. The summed E-state index contributed by atoms with van der Waals surface area (Å²) in [5.41, 5.74) is 12.8. The Morgan fingerprint density at radius 3 is 2.81 bits per heavy atom. The van der Waals surface area contributed by atoms with Gasteiger partial charge in [-0.2, -0.15) is 0 Å². The van der Waals surface area contributed by atoms with Crippen LogP contribution in [0.4, 0.5) is 17.1 Å². The van der Waals surface area contributed by atoms with Gasteiger partial charge in [0.1, 0.15) is 0 Å². The van der Waals surface area contributed by atoms with Gasteiger partial charge in [-0.3, -0.25) is 0 Å². The highest BCUT2D eigenvalue weighted by Gasteiger charge is 2.22. The molecule has 0 bridgehead atoms. The molecule has 0 saturated heterocycles. The molecule has 1 aromatic heterocycles. The van der Waals surface area contributed by atoms with Crippen LogP contribution in [0.1, 0.15) is 17.5 Å². The first-order valence-corrected chi connectivity index (χ1v) is 7.12. The molecule has 0 amide bonds. The molecule has 3 aromatic rings. The third-order valence-electron chi connectivity index (χ3n) is 4.07. The van der Waals surface area contributed by atoms with E-state index in [0.29, 0.717) is 11.2 Å². The fourth-order valence-electron chi connectivity index (χ4n) is 3.07. The number of nitrogens with zero attached hydrogens (tertiary/aromatic N) is 3. The van der Waals surface area contributed by atoms with E-state index in [2.05, 4.69) is 40.3 Å². The Labute approximate surface area is 122 Å². The molecule has 21 heavy (non-hydrogen) atoms. The molecule has 2 heterocycles. The molecule has 1 aliphatic heterocycles. The van der Waals surface area contributed by atoms with Gasteiger partial charge in [0.05, 0.1) is 11.4 Å². The Morgan fingerprint density at radius 2 is 1.90 bits per heavy atom. The first kappa shape index (κ1) is 12.2. The van der Waals surface area contributed by atoms with Gasteiger partial charge < -0.3 is 10.6 Å².